The van der Waals surface area contributed by atoms with Gasteiger partial charge in [0, 0.05) is 8.95 Å². The van der Waals surface area contributed by atoms with Gasteiger partial charge in [-0.1, -0.05) is 37.9 Å². The fourth-order valence-corrected chi connectivity index (χ4v) is 3.48. The van der Waals surface area contributed by atoms with Gasteiger partial charge in [0.25, 0.3) is 0 Å². The largest absolute Gasteiger partial charge is 0.486 e. The molecule has 0 aromatic heterocycles. The van der Waals surface area contributed by atoms with Gasteiger partial charge in [-0.3, -0.25) is 0 Å². The van der Waals surface area contributed by atoms with E-state index in [-0.39, 0.29) is 0 Å². The highest BCUT2D eigenvalue weighted by molar-refractivity contribution is 9.11. The highest BCUT2D eigenvalue weighted by atomic mass is 79.9. The average Bonchev–Trinajstić information content (AvgIpc) is 2.45. The molecular weight excluding hydrogens is 388 g/mol. The number of aliphatic hydroxyl groups excluding tert-OH is 1. The van der Waals surface area contributed by atoms with Crippen LogP contribution in [0.25, 0.3) is 0 Å². The van der Waals surface area contributed by atoms with E-state index in [1.54, 1.807) is 0 Å². The number of hydrogen-bond acceptors (Lipinski definition) is 3. The number of halogens is 2. The van der Waals surface area contributed by atoms with Crippen LogP contribution in [0.5, 0.6) is 11.5 Å². The van der Waals surface area contributed by atoms with E-state index in [1.807, 2.05) is 36.4 Å². The van der Waals surface area contributed by atoms with E-state index in [1.165, 1.54) is 0 Å². The number of hydrogen-bond donors (Lipinski definition) is 1. The average molecular weight is 400 g/mol. The first kappa shape index (κ1) is 13.9. The molecule has 1 aliphatic rings. The van der Waals surface area contributed by atoms with E-state index in [4.69, 9.17) is 9.47 Å². The number of aliphatic hydroxyl groups is 1. The predicted octanol–water partition coefficient (Wildman–Crippen LogP) is 4.06. The van der Waals surface area contributed by atoms with Crippen molar-refractivity contribution in [3.05, 3.63) is 56.5 Å². The molecule has 1 N–H and O–H groups in total. The number of fused-ring (bicyclic) bond motifs is 1. The van der Waals surface area contributed by atoms with Crippen LogP contribution >= 0.6 is 31.9 Å². The highest BCUT2D eigenvalue weighted by Gasteiger charge is 2.17. The zero-order valence-corrected chi connectivity index (χ0v) is 13.6. The summed E-state index contributed by atoms with van der Waals surface area (Å²) >= 11 is 6.86. The van der Waals surface area contributed by atoms with Crippen LogP contribution in [-0.4, -0.2) is 18.3 Å². The van der Waals surface area contributed by atoms with Crippen molar-refractivity contribution < 1.29 is 14.6 Å². The van der Waals surface area contributed by atoms with E-state index >= 15 is 0 Å². The van der Waals surface area contributed by atoms with Crippen molar-refractivity contribution in [2.75, 3.05) is 13.2 Å². The Kier molecular flexibility index (Phi) is 4.01. The molecule has 2 aromatic carbocycles. The van der Waals surface area contributed by atoms with E-state index in [0.717, 1.165) is 25.8 Å². The molecule has 0 aliphatic carbocycles. The molecule has 1 unspecified atom stereocenters. The fraction of sp³-hybridized carbons (Fsp3) is 0.200. The minimum atomic E-state index is -0.709. The van der Waals surface area contributed by atoms with Crippen LogP contribution in [0.15, 0.2) is 45.3 Å². The zero-order valence-electron chi connectivity index (χ0n) is 10.5. The molecule has 104 valence electrons. The van der Waals surface area contributed by atoms with Gasteiger partial charge < -0.3 is 14.6 Å². The highest BCUT2D eigenvalue weighted by Crippen LogP contribution is 2.35. The van der Waals surface area contributed by atoms with Crippen molar-refractivity contribution in [2.24, 2.45) is 0 Å². The fourth-order valence-electron chi connectivity index (χ4n) is 2.16. The second-order valence-corrected chi connectivity index (χ2v) is 6.34. The van der Waals surface area contributed by atoms with Crippen molar-refractivity contribution in [1.82, 2.24) is 0 Å². The summed E-state index contributed by atoms with van der Waals surface area (Å²) in [5, 5.41) is 10.5. The van der Waals surface area contributed by atoms with E-state index < -0.39 is 6.10 Å². The molecule has 1 heterocycles. The van der Waals surface area contributed by atoms with Gasteiger partial charge in [-0.25, -0.2) is 0 Å². The van der Waals surface area contributed by atoms with Crippen LogP contribution in [0.2, 0.25) is 0 Å². The van der Waals surface area contributed by atoms with Crippen LogP contribution in [0.4, 0.5) is 0 Å². The Labute approximate surface area is 133 Å². The molecule has 5 heteroatoms. The minimum absolute atomic E-state index is 0.537. The van der Waals surface area contributed by atoms with E-state index in [9.17, 15) is 5.11 Å². The first-order chi connectivity index (χ1) is 9.63. The standard InChI is InChI=1S/C15H12Br2O3/c16-11-5-10(6-12(17)8-11)15(18)9-1-2-13-14(7-9)20-4-3-19-13/h1-2,5-8,15,18H,3-4H2. The van der Waals surface area contributed by atoms with Crippen molar-refractivity contribution in [2.45, 2.75) is 6.10 Å². The lowest BCUT2D eigenvalue weighted by atomic mass is 10.0. The van der Waals surface area contributed by atoms with Gasteiger partial charge in [-0.2, -0.15) is 0 Å². The molecule has 0 radical (unpaired) electrons. The van der Waals surface area contributed by atoms with Gasteiger partial charge in [0.2, 0.25) is 0 Å². The topological polar surface area (TPSA) is 38.7 Å². The third kappa shape index (κ3) is 2.85. The van der Waals surface area contributed by atoms with Gasteiger partial charge in [0.05, 0.1) is 0 Å². The van der Waals surface area contributed by atoms with Crippen molar-refractivity contribution >= 4 is 31.9 Å². The molecular formula is C15H12Br2O3. The summed E-state index contributed by atoms with van der Waals surface area (Å²) in [6, 6.07) is 11.2. The molecule has 0 fully saturated rings. The smallest absolute Gasteiger partial charge is 0.161 e. The van der Waals surface area contributed by atoms with Crippen LogP contribution in [0, 0.1) is 0 Å². The first-order valence-electron chi connectivity index (χ1n) is 6.17. The third-order valence-corrected chi connectivity index (χ3v) is 4.00. The summed E-state index contributed by atoms with van der Waals surface area (Å²) in [7, 11) is 0. The normalized spacial score (nSPS) is 14.9. The maximum absolute atomic E-state index is 10.5. The predicted molar refractivity (Wildman–Crippen MR) is 83.3 cm³/mol. The zero-order chi connectivity index (χ0) is 14.1. The molecule has 3 rings (SSSR count). The minimum Gasteiger partial charge on any atom is -0.486 e. The molecule has 3 nitrogen and oxygen atoms in total. The lowest BCUT2D eigenvalue weighted by Crippen LogP contribution is -2.15. The van der Waals surface area contributed by atoms with E-state index in [0.29, 0.717) is 19.0 Å². The lowest BCUT2D eigenvalue weighted by Gasteiger charge is -2.20. The molecule has 2 aromatic rings. The molecule has 0 bridgehead atoms. The quantitative estimate of drug-likeness (QED) is 0.827. The van der Waals surface area contributed by atoms with E-state index in [2.05, 4.69) is 31.9 Å². The van der Waals surface area contributed by atoms with Crippen LogP contribution in [0.1, 0.15) is 17.2 Å². The maximum Gasteiger partial charge on any atom is 0.161 e. The van der Waals surface area contributed by atoms with Crippen molar-refractivity contribution in [3.8, 4) is 11.5 Å². The van der Waals surface area contributed by atoms with Crippen LogP contribution in [0.3, 0.4) is 0 Å². The molecule has 1 atom stereocenters. The second-order valence-electron chi connectivity index (χ2n) is 4.51. The maximum atomic E-state index is 10.5. The van der Waals surface area contributed by atoms with Gasteiger partial charge in [-0.15, -0.1) is 0 Å². The Bertz CT molecular complexity index is 623. The summed E-state index contributed by atoms with van der Waals surface area (Å²) in [6.07, 6.45) is -0.709. The Morgan fingerprint density at radius 3 is 2.20 bits per heavy atom. The summed E-state index contributed by atoms with van der Waals surface area (Å²) in [4.78, 5) is 0. The molecule has 0 spiro atoms. The lowest BCUT2D eigenvalue weighted by molar-refractivity contribution is 0.169. The molecule has 0 amide bonds. The molecule has 0 saturated carbocycles. The molecule has 1 aliphatic heterocycles. The van der Waals surface area contributed by atoms with Crippen molar-refractivity contribution in [1.29, 1.82) is 0 Å². The summed E-state index contributed by atoms with van der Waals surface area (Å²) in [5.74, 6) is 1.41. The Hall–Kier alpha value is -1.04. The third-order valence-electron chi connectivity index (χ3n) is 3.08. The van der Waals surface area contributed by atoms with Gasteiger partial charge in [-0.05, 0) is 41.5 Å². The van der Waals surface area contributed by atoms with Gasteiger partial charge in [0.15, 0.2) is 11.5 Å². The van der Waals surface area contributed by atoms with Crippen LogP contribution in [-0.2, 0) is 0 Å². The Morgan fingerprint density at radius 2 is 1.50 bits per heavy atom. The molecule has 20 heavy (non-hydrogen) atoms. The monoisotopic (exact) mass is 398 g/mol. The molecule has 0 saturated heterocycles. The second kappa shape index (κ2) is 5.76. The SMILES string of the molecule is OC(c1cc(Br)cc(Br)c1)c1ccc2c(c1)OCCO2. The number of rotatable bonds is 2. The van der Waals surface area contributed by atoms with Crippen LogP contribution < -0.4 is 9.47 Å². The number of ether oxygens (including phenoxy) is 2. The van der Waals surface area contributed by atoms with Crippen molar-refractivity contribution in [3.63, 3.8) is 0 Å². The van der Waals surface area contributed by atoms with Gasteiger partial charge in [0.1, 0.15) is 19.3 Å². The van der Waals surface area contributed by atoms with Gasteiger partial charge >= 0.3 is 0 Å². The first-order valence-corrected chi connectivity index (χ1v) is 7.76. The Balaban J connectivity index is 1.95. The summed E-state index contributed by atoms with van der Waals surface area (Å²) in [6.45, 7) is 1.10. The number of benzene rings is 2. The summed E-state index contributed by atoms with van der Waals surface area (Å²) < 4.78 is 12.9. The summed E-state index contributed by atoms with van der Waals surface area (Å²) in [5.41, 5.74) is 1.59. The Morgan fingerprint density at radius 1 is 0.850 bits per heavy atom.